The molecule has 0 spiro atoms. The van der Waals surface area contributed by atoms with E-state index < -0.39 is 15.6 Å². The largest absolute Gasteiger partial charge is 0.389 e. The molecule has 2 heterocycles. The van der Waals surface area contributed by atoms with E-state index in [0.717, 1.165) is 6.42 Å². The van der Waals surface area contributed by atoms with E-state index in [0.29, 0.717) is 45.5 Å². The Morgan fingerprint density at radius 1 is 1.36 bits per heavy atom. The molecule has 0 aromatic carbocycles. The Morgan fingerprint density at radius 2 is 2.09 bits per heavy atom. The lowest BCUT2D eigenvalue weighted by Crippen LogP contribution is -2.62. The zero-order chi connectivity index (χ0) is 16.0. The molecule has 3 fully saturated rings. The molecule has 1 N–H and O–H groups in total. The number of piperidine rings is 1. The highest BCUT2D eigenvalue weighted by Gasteiger charge is 2.44. The molecule has 0 aromatic rings. The van der Waals surface area contributed by atoms with Gasteiger partial charge < -0.3 is 14.7 Å². The predicted octanol–water partition coefficient (Wildman–Crippen LogP) is -0.447. The highest BCUT2D eigenvalue weighted by Crippen LogP contribution is 2.35. The number of sulfonamides is 1. The Morgan fingerprint density at radius 3 is 2.68 bits per heavy atom. The lowest BCUT2D eigenvalue weighted by atomic mass is 9.77. The number of aliphatic hydroxyl groups is 1. The fourth-order valence-electron chi connectivity index (χ4n) is 3.63. The average Bonchev–Trinajstić information content (AvgIpc) is 2.43. The first-order valence-corrected chi connectivity index (χ1v) is 9.72. The molecule has 22 heavy (non-hydrogen) atoms. The molecule has 2 atom stereocenters. The molecule has 1 saturated carbocycles. The van der Waals surface area contributed by atoms with Gasteiger partial charge in [-0.1, -0.05) is 0 Å². The predicted molar refractivity (Wildman–Crippen MR) is 79.7 cm³/mol. The van der Waals surface area contributed by atoms with Crippen LogP contribution in [0.5, 0.6) is 0 Å². The summed E-state index contributed by atoms with van der Waals surface area (Å²) in [5, 5.41) is 10.1. The van der Waals surface area contributed by atoms with E-state index in [1.807, 2.05) is 0 Å². The van der Waals surface area contributed by atoms with Gasteiger partial charge in [-0.3, -0.25) is 4.79 Å². The quantitative estimate of drug-likeness (QED) is 0.757. The van der Waals surface area contributed by atoms with Crippen molar-refractivity contribution in [3.05, 3.63) is 0 Å². The third kappa shape index (κ3) is 3.15. The second-order valence-electron chi connectivity index (χ2n) is 6.73. The maximum absolute atomic E-state index is 12.4. The van der Waals surface area contributed by atoms with Gasteiger partial charge >= 0.3 is 0 Å². The molecule has 1 amide bonds. The highest BCUT2D eigenvalue weighted by atomic mass is 32.2. The van der Waals surface area contributed by atoms with E-state index in [2.05, 4.69) is 0 Å². The Kier molecular flexibility index (Phi) is 4.22. The molecule has 2 aliphatic heterocycles. The summed E-state index contributed by atoms with van der Waals surface area (Å²) in [6, 6.07) is -0.308. The molecule has 8 heteroatoms. The SMILES string of the molecule is CS(=O)(=O)N1CCO[C@H]2CCN(C(=O)CC3(O)CCC3)C[C@@H]21. The fourth-order valence-corrected chi connectivity index (χ4v) is 4.73. The summed E-state index contributed by atoms with van der Waals surface area (Å²) in [5.41, 5.74) is -0.840. The minimum absolute atomic E-state index is 0.0836. The zero-order valence-corrected chi connectivity index (χ0v) is 13.7. The van der Waals surface area contributed by atoms with Crippen molar-refractivity contribution in [3.8, 4) is 0 Å². The van der Waals surface area contributed by atoms with Crippen molar-refractivity contribution in [1.82, 2.24) is 9.21 Å². The zero-order valence-electron chi connectivity index (χ0n) is 12.9. The lowest BCUT2D eigenvalue weighted by molar-refractivity contribution is -0.147. The van der Waals surface area contributed by atoms with Gasteiger partial charge in [-0.2, -0.15) is 4.31 Å². The first kappa shape index (κ1) is 16.2. The topological polar surface area (TPSA) is 87.2 Å². The molecule has 0 bridgehead atoms. The Bertz CT molecular complexity index is 545. The smallest absolute Gasteiger partial charge is 0.225 e. The van der Waals surface area contributed by atoms with Crippen molar-refractivity contribution < 1.29 is 23.1 Å². The molecule has 3 rings (SSSR count). The number of rotatable bonds is 3. The van der Waals surface area contributed by atoms with Crippen LogP contribution in [0, 0.1) is 0 Å². The number of nitrogens with zero attached hydrogens (tertiary/aromatic N) is 2. The van der Waals surface area contributed by atoms with Crippen LogP contribution in [0.4, 0.5) is 0 Å². The van der Waals surface area contributed by atoms with Crippen molar-refractivity contribution in [2.24, 2.45) is 0 Å². The van der Waals surface area contributed by atoms with E-state index in [1.54, 1.807) is 4.90 Å². The van der Waals surface area contributed by atoms with Crippen LogP contribution in [0.3, 0.4) is 0 Å². The first-order chi connectivity index (χ1) is 10.3. The summed E-state index contributed by atoms with van der Waals surface area (Å²) in [5.74, 6) is -0.0836. The fraction of sp³-hybridized carbons (Fsp3) is 0.929. The molecular formula is C14H24N2O5S. The lowest BCUT2D eigenvalue weighted by Gasteiger charge is -2.46. The van der Waals surface area contributed by atoms with Gasteiger partial charge in [0.1, 0.15) is 0 Å². The summed E-state index contributed by atoms with van der Waals surface area (Å²) < 4.78 is 31.0. The first-order valence-electron chi connectivity index (χ1n) is 7.87. The van der Waals surface area contributed by atoms with Crippen LogP contribution in [0.25, 0.3) is 0 Å². The molecule has 0 radical (unpaired) electrons. The molecule has 0 unspecified atom stereocenters. The molecule has 7 nitrogen and oxygen atoms in total. The normalized spacial score (nSPS) is 32.2. The number of fused-ring (bicyclic) bond motifs is 1. The van der Waals surface area contributed by atoms with Crippen LogP contribution in [0.15, 0.2) is 0 Å². The van der Waals surface area contributed by atoms with Crippen LogP contribution < -0.4 is 0 Å². The number of hydrogen-bond acceptors (Lipinski definition) is 5. The number of likely N-dealkylation sites (tertiary alicyclic amines) is 1. The summed E-state index contributed by atoms with van der Waals surface area (Å²) in [6.07, 6.45) is 4.16. The molecule has 126 valence electrons. The van der Waals surface area contributed by atoms with E-state index >= 15 is 0 Å². The van der Waals surface area contributed by atoms with Crippen LogP contribution in [0.2, 0.25) is 0 Å². The van der Waals surface area contributed by atoms with Crippen LogP contribution in [0.1, 0.15) is 32.1 Å². The van der Waals surface area contributed by atoms with Gasteiger partial charge in [0.25, 0.3) is 0 Å². The van der Waals surface area contributed by atoms with E-state index in [-0.39, 0.29) is 24.5 Å². The standard InChI is InChI=1S/C14H24N2O5S/c1-22(19,20)16-7-8-21-12-3-6-15(10-11(12)16)13(17)9-14(18)4-2-5-14/h11-12,18H,2-10H2,1H3/t11-,12-/m0/s1. The minimum Gasteiger partial charge on any atom is -0.389 e. The average molecular weight is 332 g/mol. The Balaban J connectivity index is 1.68. The minimum atomic E-state index is -3.31. The maximum atomic E-state index is 12.4. The second kappa shape index (κ2) is 5.74. The van der Waals surface area contributed by atoms with Gasteiger partial charge in [-0.05, 0) is 25.7 Å². The van der Waals surface area contributed by atoms with Gasteiger partial charge in [0.15, 0.2) is 0 Å². The Hall–Kier alpha value is -0.700. The van der Waals surface area contributed by atoms with Crippen molar-refractivity contribution in [2.45, 2.75) is 49.9 Å². The molecule has 0 aromatic heterocycles. The number of carbonyl (C=O) groups excluding carboxylic acids is 1. The van der Waals surface area contributed by atoms with Crippen molar-refractivity contribution in [3.63, 3.8) is 0 Å². The Labute approximate surface area is 131 Å². The monoisotopic (exact) mass is 332 g/mol. The summed E-state index contributed by atoms with van der Waals surface area (Å²) in [4.78, 5) is 14.1. The summed E-state index contributed by atoms with van der Waals surface area (Å²) in [7, 11) is -3.31. The number of amides is 1. The summed E-state index contributed by atoms with van der Waals surface area (Å²) in [6.45, 7) is 1.66. The van der Waals surface area contributed by atoms with Gasteiger partial charge in [-0.25, -0.2) is 8.42 Å². The number of ether oxygens (including phenoxy) is 1. The number of carbonyl (C=O) groups is 1. The highest BCUT2D eigenvalue weighted by molar-refractivity contribution is 7.88. The van der Waals surface area contributed by atoms with Crippen LogP contribution >= 0.6 is 0 Å². The second-order valence-corrected chi connectivity index (χ2v) is 8.67. The van der Waals surface area contributed by atoms with E-state index in [1.165, 1.54) is 10.6 Å². The maximum Gasteiger partial charge on any atom is 0.225 e. The molecule has 2 saturated heterocycles. The van der Waals surface area contributed by atoms with Gasteiger partial charge in [0, 0.05) is 19.6 Å². The van der Waals surface area contributed by atoms with Crippen molar-refractivity contribution in [1.29, 1.82) is 0 Å². The van der Waals surface area contributed by atoms with Gasteiger partial charge in [0.2, 0.25) is 15.9 Å². The number of morpholine rings is 1. The van der Waals surface area contributed by atoms with E-state index in [9.17, 15) is 18.3 Å². The third-order valence-corrected chi connectivity index (χ3v) is 6.38. The third-order valence-electron chi connectivity index (χ3n) is 5.08. The number of hydrogen-bond donors (Lipinski definition) is 1. The van der Waals surface area contributed by atoms with Crippen LogP contribution in [-0.2, 0) is 19.6 Å². The van der Waals surface area contributed by atoms with Crippen LogP contribution in [-0.4, -0.2) is 78.9 Å². The van der Waals surface area contributed by atoms with Gasteiger partial charge in [-0.15, -0.1) is 0 Å². The van der Waals surface area contributed by atoms with Gasteiger partial charge in [0.05, 0.1) is 37.0 Å². The summed E-state index contributed by atoms with van der Waals surface area (Å²) >= 11 is 0. The van der Waals surface area contributed by atoms with Crippen molar-refractivity contribution >= 4 is 15.9 Å². The molecule has 1 aliphatic carbocycles. The van der Waals surface area contributed by atoms with Crippen molar-refractivity contribution in [2.75, 3.05) is 32.5 Å². The molecular weight excluding hydrogens is 308 g/mol. The molecule has 3 aliphatic rings. The van der Waals surface area contributed by atoms with E-state index in [4.69, 9.17) is 4.74 Å².